The van der Waals surface area contributed by atoms with Crippen LogP contribution in [0.15, 0.2) is 17.0 Å². The molecule has 2 N–H and O–H groups in total. The summed E-state index contributed by atoms with van der Waals surface area (Å²) in [4.78, 5) is 10.7. The number of nitrogens with zero attached hydrogens (tertiary/aromatic N) is 5. The second-order valence-electron chi connectivity index (χ2n) is 4.47. The van der Waals surface area contributed by atoms with E-state index in [-0.39, 0.29) is 6.04 Å². The van der Waals surface area contributed by atoms with Gasteiger partial charge in [-0.2, -0.15) is 4.98 Å². The van der Waals surface area contributed by atoms with Gasteiger partial charge in [-0.15, -0.1) is 0 Å². The summed E-state index contributed by atoms with van der Waals surface area (Å²) in [7, 11) is 1.89. The van der Waals surface area contributed by atoms with Crippen LogP contribution in [-0.2, 0) is 7.05 Å². The standard InChI is InChI=1S/C12H20N6O/c1-4-18(5-2)6-9(13)11-15-12(19-16-11)10-7-17(3)8-14-10/h7-9H,4-6,13H2,1-3H3. The Hall–Kier alpha value is -1.73. The van der Waals surface area contributed by atoms with Crippen molar-refractivity contribution in [2.75, 3.05) is 19.6 Å². The average molecular weight is 264 g/mol. The first-order valence-electron chi connectivity index (χ1n) is 6.43. The normalized spacial score (nSPS) is 13.1. The van der Waals surface area contributed by atoms with Gasteiger partial charge >= 0.3 is 0 Å². The topological polar surface area (TPSA) is 86.0 Å². The van der Waals surface area contributed by atoms with Gasteiger partial charge in [-0.25, -0.2) is 4.98 Å². The maximum Gasteiger partial charge on any atom is 0.278 e. The lowest BCUT2D eigenvalue weighted by Crippen LogP contribution is -2.32. The molecule has 2 heterocycles. The Morgan fingerprint density at radius 1 is 1.42 bits per heavy atom. The van der Waals surface area contributed by atoms with Crippen LogP contribution in [0, 0.1) is 0 Å². The maximum atomic E-state index is 6.09. The van der Waals surface area contributed by atoms with Gasteiger partial charge in [0.25, 0.3) is 5.89 Å². The molecular formula is C12H20N6O. The first-order chi connectivity index (χ1) is 9.13. The fraction of sp³-hybridized carbons (Fsp3) is 0.583. The van der Waals surface area contributed by atoms with Gasteiger partial charge in [0.1, 0.15) is 5.69 Å². The third kappa shape index (κ3) is 3.18. The van der Waals surface area contributed by atoms with Crippen LogP contribution in [0.3, 0.4) is 0 Å². The summed E-state index contributed by atoms with van der Waals surface area (Å²) in [6.07, 6.45) is 3.52. The second kappa shape index (κ2) is 5.94. The SMILES string of the molecule is CCN(CC)CC(N)c1noc(-c2cn(C)cn2)n1. The fourth-order valence-corrected chi connectivity index (χ4v) is 1.85. The van der Waals surface area contributed by atoms with Crippen molar-refractivity contribution >= 4 is 0 Å². The van der Waals surface area contributed by atoms with Crippen LogP contribution in [0.1, 0.15) is 25.7 Å². The average Bonchev–Trinajstić information content (AvgIpc) is 3.04. The molecular weight excluding hydrogens is 244 g/mol. The molecule has 0 aromatic carbocycles. The van der Waals surface area contributed by atoms with Crippen LogP contribution in [0.25, 0.3) is 11.6 Å². The van der Waals surface area contributed by atoms with Crippen LogP contribution in [-0.4, -0.2) is 44.2 Å². The number of aromatic nitrogens is 4. The van der Waals surface area contributed by atoms with Gasteiger partial charge in [-0.05, 0) is 13.1 Å². The molecule has 0 spiro atoms. The molecule has 0 aliphatic heterocycles. The lowest BCUT2D eigenvalue weighted by Gasteiger charge is -2.20. The number of rotatable bonds is 6. The molecule has 1 atom stereocenters. The number of aryl methyl sites for hydroxylation is 1. The predicted molar refractivity (Wildman–Crippen MR) is 71.2 cm³/mol. The summed E-state index contributed by atoms with van der Waals surface area (Å²) in [5.74, 6) is 0.929. The minimum absolute atomic E-state index is 0.249. The van der Waals surface area contributed by atoms with Gasteiger partial charge in [-0.1, -0.05) is 19.0 Å². The smallest absolute Gasteiger partial charge is 0.278 e. The van der Waals surface area contributed by atoms with Gasteiger partial charge in [-0.3, -0.25) is 0 Å². The summed E-state index contributed by atoms with van der Waals surface area (Å²) < 4.78 is 7.03. The zero-order chi connectivity index (χ0) is 13.8. The molecule has 0 amide bonds. The zero-order valence-electron chi connectivity index (χ0n) is 11.6. The Morgan fingerprint density at radius 2 is 2.16 bits per heavy atom. The summed E-state index contributed by atoms with van der Waals surface area (Å²) in [6, 6.07) is -0.249. The molecule has 2 rings (SSSR count). The summed E-state index contributed by atoms with van der Waals surface area (Å²) in [5.41, 5.74) is 6.75. The fourth-order valence-electron chi connectivity index (χ4n) is 1.85. The Bertz CT molecular complexity index is 516. The van der Waals surface area contributed by atoms with Crippen molar-refractivity contribution in [3.63, 3.8) is 0 Å². The predicted octanol–water partition coefficient (Wildman–Crippen LogP) is 0.812. The first-order valence-corrected chi connectivity index (χ1v) is 6.43. The monoisotopic (exact) mass is 264 g/mol. The number of imidazole rings is 1. The Balaban J connectivity index is 2.08. The lowest BCUT2D eigenvalue weighted by molar-refractivity contribution is 0.278. The van der Waals surface area contributed by atoms with Crippen molar-refractivity contribution in [2.45, 2.75) is 19.9 Å². The molecule has 0 aliphatic carbocycles. The number of likely N-dealkylation sites (N-methyl/N-ethyl adjacent to an activating group) is 1. The van der Waals surface area contributed by atoms with E-state index in [2.05, 4.69) is 33.9 Å². The molecule has 0 radical (unpaired) electrons. The zero-order valence-corrected chi connectivity index (χ0v) is 11.6. The van der Waals surface area contributed by atoms with E-state index in [1.165, 1.54) is 0 Å². The Labute approximate surface area is 112 Å². The van der Waals surface area contributed by atoms with Crippen LogP contribution >= 0.6 is 0 Å². The molecule has 1 unspecified atom stereocenters. The van der Waals surface area contributed by atoms with Crippen molar-refractivity contribution in [1.29, 1.82) is 0 Å². The third-order valence-corrected chi connectivity index (χ3v) is 3.05. The van der Waals surface area contributed by atoms with Crippen molar-refractivity contribution in [2.24, 2.45) is 12.8 Å². The largest absolute Gasteiger partial charge is 0.340 e. The highest BCUT2D eigenvalue weighted by molar-refractivity contribution is 5.44. The Morgan fingerprint density at radius 3 is 2.74 bits per heavy atom. The van der Waals surface area contributed by atoms with Crippen LogP contribution in [0.5, 0.6) is 0 Å². The van der Waals surface area contributed by atoms with E-state index in [4.69, 9.17) is 10.3 Å². The molecule has 7 heteroatoms. The number of hydrogen-bond acceptors (Lipinski definition) is 6. The van der Waals surface area contributed by atoms with Crippen LogP contribution < -0.4 is 5.73 Å². The quantitative estimate of drug-likeness (QED) is 0.831. The minimum Gasteiger partial charge on any atom is -0.340 e. The second-order valence-corrected chi connectivity index (χ2v) is 4.47. The van der Waals surface area contributed by atoms with E-state index < -0.39 is 0 Å². The molecule has 0 bridgehead atoms. The van der Waals surface area contributed by atoms with E-state index in [1.54, 1.807) is 6.33 Å². The van der Waals surface area contributed by atoms with Crippen molar-refractivity contribution in [3.8, 4) is 11.6 Å². The molecule has 0 aliphatic rings. The van der Waals surface area contributed by atoms with Crippen molar-refractivity contribution in [3.05, 3.63) is 18.3 Å². The molecule has 0 saturated heterocycles. The summed E-state index contributed by atoms with van der Waals surface area (Å²) in [5, 5.41) is 3.94. The van der Waals surface area contributed by atoms with Crippen LogP contribution in [0.2, 0.25) is 0 Å². The van der Waals surface area contributed by atoms with Crippen LogP contribution in [0.4, 0.5) is 0 Å². The van der Waals surface area contributed by atoms with E-state index in [0.717, 1.165) is 13.1 Å². The molecule has 2 aromatic heterocycles. The first kappa shape index (κ1) is 13.7. The van der Waals surface area contributed by atoms with E-state index in [0.29, 0.717) is 24.0 Å². The highest BCUT2D eigenvalue weighted by atomic mass is 16.5. The molecule has 0 fully saturated rings. The van der Waals surface area contributed by atoms with Gasteiger partial charge in [0, 0.05) is 19.8 Å². The number of nitrogens with two attached hydrogens (primary N) is 1. The van der Waals surface area contributed by atoms with Gasteiger partial charge in [0.05, 0.1) is 12.4 Å². The lowest BCUT2D eigenvalue weighted by atomic mass is 10.2. The van der Waals surface area contributed by atoms with Gasteiger partial charge in [0.2, 0.25) is 0 Å². The summed E-state index contributed by atoms with van der Waals surface area (Å²) >= 11 is 0. The summed E-state index contributed by atoms with van der Waals surface area (Å²) in [6.45, 7) is 6.83. The minimum atomic E-state index is -0.249. The highest BCUT2D eigenvalue weighted by Crippen LogP contribution is 2.16. The van der Waals surface area contributed by atoms with Crippen molar-refractivity contribution < 1.29 is 4.52 Å². The van der Waals surface area contributed by atoms with E-state index >= 15 is 0 Å². The highest BCUT2D eigenvalue weighted by Gasteiger charge is 2.18. The third-order valence-electron chi connectivity index (χ3n) is 3.05. The van der Waals surface area contributed by atoms with E-state index in [1.807, 2.05) is 17.8 Å². The molecule has 2 aromatic rings. The molecule has 0 saturated carbocycles. The molecule has 104 valence electrons. The molecule has 19 heavy (non-hydrogen) atoms. The van der Waals surface area contributed by atoms with Gasteiger partial charge in [0.15, 0.2) is 5.82 Å². The molecule has 7 nitrogen and oxygen atoms in total. The van der Waals surface area contributed by atoms with Gasteiger partial charge < -0.3 is 19.7 Å². The number of hydrogen-bond donors (Lipinski definition) is 1. The Kier molecular flexibility index (Phi) is 4.28. The van der Waals surface area contributed by atoms with Crippen molar-refractivity contribution in [1.82, 2.24) is 24.6 Å². The maximum absolute atomic E-state index is 6.09. The van der Waals surface area contributed by atoms with E-state index in [9.17, 15) is 0 Å².